The molecule has 9 nitrogen and oxygen atoms in total. The third-order valence-electron chi connectivity index (χ3n) is 3.14. The Bertz CT molecular complexity index is 385. The molecule has 0 unspecified atom stereocenters. The van der Waals surface area contributed by atoms with Crippen molar-refractivity contribution in [2.75, 3.05) is 19.8 Å². The first-order valence-corrected chi connectivity index (χ1v) is 13.4. The van der Waals surface area contributed by atoms with E-state index in [0.29, 0.717) is 26.2 Å². The Balaban J connectivity index is -0.000000178. The predicted octanol–water partition coefficient (Wildman–Crippen LogP) is 4.87. The van der Waals surface area contributed by atoms with Crippen LogP contribution in [-0.4, -0.2) is 50.2 Å². The van der Waals surface area contributed by atoms with Crippen LogP contribution in [0.4, 0.5) is 9.59 Å². The van der Waals surface area contributed by atoms with E-state index in [9.17, 15) is 4.79 Å². The number of nitrogens with two attached hydrogens (primary N) is 2. The molecule has 0 rings (SSSR count). The molecular weight excluding hydrogens is 460 g/mol. The van der Waals surface area contributed by atoms with Crippen LogP contribution in [0, 0.1) is 0 Å². The third kappa shape index (κ3) is 43.8. The molecule has 0 radical (unpaired) electrons. The number of hydrogen-bond donors (Lipinski definition) is 5. The zero-order chi connectivity index (χ0) is 25.1. The average molecular weight is 505 g/mol. The predicted molar refractivity (Wildman–Crippen MR) is 134 cm³/mol. The molecule has 0 saturated carbocycles. The number of aliphatic carboxylic acids is 1. The van der Waals surface area contributed by atoms with E-state index in [1.54, 1.807) is 0 Å². The molecule has 0 fully saturated rings. The third-order valence-corrected chi connectivity index (χ3v) is 6.44. The van der Waals surface area contributed by atoms with Crippen molar-refractivity contribution in [1.82, 2.24) is 0 Å². The smallest absolute Gasteiger partial charge is 0.481 e. The molecule has 0 aromatic carbocycles. The molecule has 0 aliphatic rings. The molecule has 12 heteroatoms. The molecular formula is C19H44N2O7S2Si. The molecule has 188 valence electrons. The van der Waals surface area contributed by atoms with E-state index in [-0.39, 0.29) is 0 Å². The number of carboxylic acids is 1. The molecule has 2 amide bonds. The number of thiol groups is 2. The van der Waals surface area contributed by atoms with Gasteiger partial charge in [-0.2, -0.15) is 0 Å². The number of hydrogen-bond acceptors (Lipinski definition) is 6. The number of primary amides is 2. The van der Waals surface area contributed by atoms with Gasteiger partial charge in [0.1, 0.15) is 0 Å². The minimum atomic E-state index is -2.30. The summed E-state index contributed by atoms with van der Waals surface area (Å²) in [6.07, 6.45) is 6.93. The normalized spacial score (nSPS) is 9.77. The van der Waals surface area contributed by atoms with Gasteiger partial charge in [-0.1, -0.05) is 71.2 Å². The standard InChI is InChI=1S/C9H22O3Si.C8H16O2.2CH3NOS/c1-5-9-13(10-6-2,11-7-3)12-8-4;1-2-3-4-5-6-7-8(9)10;2*2-1(3)4/h5-9H2,1-4H3;2-7H2,1H3,(H,9,10);2*(H3,2,3,4). The lowest BCUT2D eigenvalue weighted by molar-refractivity contribution is -0.137. The van der Waals surface area contributed by atoms with E-state index < -0.39 is 25.3 Å². The van der Waals surface area contributed by atoms with Crippen LogP contribution in [0.5, 0.6) is 0 Å². The van der Waals surface area contributed by atoms with Gasteiger partial charge >= 0.3 is 14.8 Å². The van der Waals surface area contributed by atoms with Gasteiger partial charge in [-0.25, -0.2) is 0 Å². The quantitative estimate of drug-likeness (QED) is 0.129. The van der Waals surface area contributed by atoms with Crippen LogP contribution < -0.4 is 11.5 Å². The summed E-state index contributed by atoms with van der Waals surface area (Å²) in [7, 11) is -2.30. The monoisotopic (exact) mass is 504 g/mol. The fraction of sp³-hybridized carbons (Fsp3) is 0.842. The molecule has 0 spiro atoms. The molecule has 0 bridgehead atoms. The minimum absolute atomic E-state index is 0.337. The summed E-state index contributed by atoms with van der Waals surface area (Å²) in [6, 6.07) is 0.919. The molecule has 0 heterocycles. The average Bonchev–Trinajstić information content (AvgIpc) is 2.62. The maximum absolute atomic E-state index is 10.0. The van der Waals surface area contributed by atoms with Gasteiger partial charge in [0.05, 0.1) is 0 Å². The molecule has 0 atom stereocenters. The van der Waals surface area contributed by atoms with E-state index in [0.717, 1.165) is 25.3 Å². The number of carboxylic acid groups (broad SMARTS) is 1. The fourth-order valence-electron chi connectivity index (χ4n) is 2.19. The number of rotatable bonds is 14. The van der Waals surface area contributed by atoms with Crippen molar-refractivity contribution in [3.8, 4) is 0 Å². The van der Waals surface area contributed by atoms with Gasteiger partial charge in [0.15, 0.2) is 0 Å². The zero-order valence-electron chi connectivity index (χ0n) is 19.7. The van der Waals surface area contributed by atoms with E-state index in [4.69, 9.17) is 28.0 Å². The highest BCUT2D eigenvalue weighted by Gasteiger charge is 2.38. The maximum Gasteiger partial charge on any atom is 0.500 e. The molecule has 0 aromatic rings. The van der Waals surface area contributed by atoms with Crippen LogP contribution in [0.15, 0.2) is 0 Å². The summed E-state index contributed by atoms with van der Waals surface area (Å²) in [5, 5.41) is 6.99. The highest BCUT2D eigenvalue weighted by atomic mass is 32.1. The first-order chi connectivity index (χ1) is 14.5. The van der Waals surface area contributed by atoms with Crippen molar-refractivity contribution < 1.29 is 32.8 Å². The van der Waals surface area contributed by atoms with E-state index in [1.165, 1.54) is 19.3 Å². The minimum Gasteiger partial charge on any atom is -0.481 e. The van der Waals surface area contributed by atoms with Crippen LogP contribution in [0.1, 0.15) is 79.6 Å². The van der Waals surface area contributed by atoms with Crippen molar-refractivity contribution >= 4 is 50.5 Å². The lowest BCUT2D eigenvalue weighted by atomic mass is 10.1. The summed E-state index contributed by atoms with van der Waals surface area (Å²) in [4.78, 5) is 28.2. The first-order valence-electron chi connectivity index (χ1n) is 10.6. The lowest BCUT2D eigenvalue weighted by Crippen LogP contribution is -2.45. The lowest BCUT2D eigenvalue weighted by Gasteiger charge is -2.27. The van der Waals surface area contributed by atoms with Crippen molar-refractivity contribution in [2.24, 2.45) is 11.5 Å². The second-order valence-corrected chi connectivity index (χ2v) is 9.58. The molecule has 31 heavy (non-hydrogen) atoms. The Morgan fingerprint density at radius 2 is 1.10 bits per heavy atom. The van der Waals surface area contributed by atoms with Gasteiger partial charge in [0, 0.05) is 32.3 Å². The maximum atomic E-state index is 10.0. The number of amides is 2. The van der Waals surface area contributed by atoms with E-state index in [1.807, 2.05) is 20.8 Å². The van der Waals surface area contributed by atoms with Gasteiger partial charge in [0.25, 0.3) is 10.5 Å². The summed E-state index contributed by atoms with van der Waals surface area (Å²) in [5.41, 5.74) is 8.67. The van der Waals surface area contributed by atoms with Crippen molar-refractivity contribution in [1.29, 1.82) is 0 Å². The highest BCUT2D eigenvalue weighted by molar-refractivity contribution is 7.96. The topological polar surface area (TPSA) is 151 Å². The van der Waals surface area contributed by atoms with Crippen molar-refractivity contribution in [3.63, 3.8) is 0 Å². The summed E-state index contributed by atoms with van der Waals surface area (Å²) in [5.74, 6) is -0.670. The van der Waals surface area contributed by atoms with Crippen LogP contribution in [0.25, 0.3) is 0 Å². The van der Waals surface area contributed by atoms with Crippen molar-refractivity contribution in [2.45, 2.75) is 85.6 Å². The first kappa shape index (κ1) is 37.5. The van der Waals surface area contributed by atoms with E-state index in [2.05, 4.69) is 50.6 Å². The SMILES string of the molecule is CCCCCCCC(=O)O.CCC[Si](OCC)(OCC)OCC.NC(=O)S.NC(=O)S. The molecule has 0 aliphatic carbocycles. The Morgan fingerprint density at radius 3 is 1.35 bits per heavy atom. The van der Waals surface area contributed by atoms with Crippen LogP contribution >= 0.6 is 25.3 Å². The molecule has 5 N–H and O–H groups in total. The molecule has 0 aromatic heterocycles. The Morgan fingerprint density at radius 1 is 0.742 bits per heavy atom. The summed E-state index contributed by atoms with van der Waals surface area (Å²) < 4.78 is 16.9. The molecule has 0 saturated heterocycles. The van der Waals surface area contributed by atoms with Gasteiger partial charge in [-0.15, -0.1) is 0 Å². The summed E-state index contributed by atoms with van der Waals surface area (Å²) in [6.45, 7) is 12.2. The number of carbonyl (C=O) groups excluding carboxylic acids is 2. The number of unbranched alkanes of at least 4 members (excludes halogenated alkanes) is 4. The summed E-state index contributed by atoms with van der Waals surface area (Å²) >= 11 is 6.21. The largest absolute Gasteiger partial charge is 0.500 e. The highest BCUT2D eigenvalue weighted by Crippen LogP contribution is 2.17. The van der Waals surface area contributed by atoms with Crippen LogP contribution in [0.3, 0.4) is 0 Å². The van der Waals surface area contributed by atoms with Gasteiger partial charge in [-0.05, 0) is 27.2 Å². The van der Waals surface area contributed by atoms with Gasteiger partial charge < -0.3 is 29.9 Å². The second kappa shape index (κ2) is 29.2. The van der Waals surface area contributed by atoms with Gasteiger partial charge in [0.2, 0.25) is 0 Å². The molecule has 0 aliphatic heterocycles. The van der Waals surface area contributed by atoms with E-state index >= 15 is 0 Å². The van der Waals surface area contributed by atoms with Crippen LogP contribution in [-0.2, 0) is 18.1 Å². The Kier molecular flexibility index (Phi) is 35.3. The van der Waals surface area contributed by atoms with Crippen LogP contribution in [0.2, 0.25) is 6.04 Å². The number of carbonyl (C=O) groups is 3. The zero-order valence-corrected chi connectivity index (χ0v) is 22.5. The second-order valence-electron chi connectivity index (χ2n) is 5.97. The Labute approximate surface area is 200 Å². The van der Waals surface area contributed by atoms with Crippen molar-refractivity contribution in [3.05, 3.63) is 0 Å². The fourth-order valence-corrected chi connectivity index (χ4v) is 4.80. The Hall–Kier alpha value is -0.793. The van der Waals surface area contributed by atoms with Gasteiger partial charge in [-0.3, -0.25) is 14.4 Å².